The maximum absolute atomic E-state index is 12.6. The van der Waals surface area contributed by atoms with E-state index in [1.807, 2.05) is 11.9 Å². The van der Waals surface area contributed by atoms with E-state index in [4.69, 9.17) is 5.73 Å². The van der Waals surface area contributed by atoms with Crippen molar-refractivity contribution in [3.05, 3.63) is 35.4 Å². The number of aryl methyl sites for hydroxylation is 1. The molecule has 0 aliphatic heterocycles. The van der Waals surface area contributed by atoms with E-state index in [0.29, 0.717) is 0 Å². The van der Waals surface area contributed by atoms with Gasteiger partial charge in [0.1, 0.15) is 0 Å². The highest BCUT2D eigenvalue weighted by atomic mass is 16.2. The minimum absolute atomic E-state index is 0.136. The van der Waals surface area contributed by atoms with Gasteiger partial charge < -0.3 is 10.6 Å². The fourth-order valence-electron chi connectivity index (χ4n) is 3.26. The van der Waals surface area contributed by atoms with Gasteiger partial charge in [-0.25, -0.2) is 0 Å². The van der Waals surface area contributed by atoms with Crippen LogP contribution in [0.1, 0.15) is 43.7 Å². The van der Waals surface area contributed by atoms with E-state index in [9.17, 15) is 4.79 Å². The van der Waals surface area contributed by atoms with Gasteiger partial charge in [0.05, 0.1) is 0 Å². The van der Waals surface area contributed by atoms with E-state index in [1.54, 1.807) is 0 Å². The molecule has 2 rings (SSSR count). The van der Waals surface area contributed by atoms with Crippen molar-refractivity contribution in [2.24, 2.45) is 11.7 Å². The van der Waals surface area contributed by atoms with Crippen LogP contribution in [0, 0.1) is 12.8 Å². The summed E-state index contributed by atoms with van der Waals surface area (Å²) in [6, 6.07) is 9.10. The largest absolute Gasteiger partial charge is 0.342 e. The Morgan fingerprint density at radius 3 is 2.52 bits per heavy atom. The molecule has 1 aliphatic carbocycles. The SMILES string of the molecule is CCC(Cc1ccc(C)cc1)N(C)C(=O)C1CCC(N)C1. The van der Waals surface area contributed by atoms with Crippen LogP contribution in [0.4, 0.5) is 0 Å². The monoisotopic (exact) mass is 288 g/mol. The number of nitrogens with two attached hydrogens (primary N) is 1. The molecule has 0 aromatic heterocycles. The lowest BCUT2D eigenvalue weighted by molar-refractivity contribution is -0.136. The fraction of sp³-hybridized carbons (Fsp3) is 0.611. The molecule has 0 spiro atoms. The van der Waals surface area contributed by atoms with Gasteiger partial charge in [0.15, 0.2) is 0 Å². The Labute approximate surface area is 128 Å². The van der Waals surface area contributed by atoms with Crippen molar-refractivity contribution in [3.63, 3.8) is 0 Å². The third kappa shape index (κ3) is 4.07. The van der Waals surface area contributed by atoms with Crippen molar-refractivity contribution >= 4 is 5.91 Å². The number of likely N-dealkylation sites (N-methyl/N-ethyl adjacent to an activating group) is 1. The summed E-state index contributed by atoms with van der Waals surface area (Å²) in [7, 11) is 1.95. The second kappa shape index (κ2) is 7.08. The molecule has 0 bridgehead atoms. The third-order valence-corrected chi connectivity index (χ3v) is 4.78. The molecule has 0 saturated heterocycles. The lowest BCUT2D eigenvalue weighted by Gasteiger charge is -2.30. The van der Waals surface area contributed by atoms with E-state index in [0.717, 1.165) is 32.1 Å². The summed E-state index contributed by atoms with van der Waals surface area (Å²) in [6.45, 7) is 4.25. The first-order valence-electron chi connectivity index (χ1n) is 8.09. The Balaban J connectivity index is 1.99. The van der Waals surface area contributed by atoms with Gasteiger partial charge in [0.25, 0.3) is 0 Å². The van der Waals surface area contributed by atoms with Crippen LogP contribution < -0.4 is 5.73 Å². The maximum Gasteiger partial charge on any atom is 0.225 e. The normalized spacial score (nSPS) is 23.0. The highest BCUT2D eigenvalue weighted by molar-refractivity contribution is 5.79. The van der Waals surface area contributed by atoms with Crippen LogP contribution in [0.5, 0.6) is 0 Å². The zero-order chi connectivity index (χ0) is 15.4. The van der Waals surface area contributed by atoms with E-state index in [2.05, 4.69) is 38.1 Å². The van der Waals surface area contributed by atoms with Crippen LogP contribution in [-0.2, 0) is 11.2 Å². The van der Waals surface area contributed by atoms with Crippen LogP contribution in [0.2, 0.25) is 0 Å². The first kappa shape index (κ1) is 16.0. The number of carbonyl (C=O) groups excluding carboxylic acids is 1. The van der Waals surface area contributed by atoms with Gasteiger partial charge in [-0.15, -0.1) is 0 Å². The van der Waals surface area contributed by atoms with Crippen molar-refractivity contribution in [2.75, 3.05) is 7.05 Å². The molecular weight excluding hydrogens is 260 g/mol. The quantitative estimate of drug-likeness (QED) is 0.905. The highest BCUT2D eigenvalue weighted by Gasteiger charge is 2.31. The molecule has 116 valence electrons. The second-order valence-electron chi connectivity index (χ2n) is 6.47. The van der Waals surface area contributed by atoms with Gasteiger partial charge in [-0.05, 0) is 44.6 Å². The number of benzene rings is 1. The molecule has 0 radical (unpaired) electrons. The molecule has 1 saturated carbocycles. The summed E-state index contributed by atoms with van der Waals surface area (Å²) in [5, 5.41) is 0. The highest BCUT2D eigenvalue weighted by Crippen LogP contribution is 2.27. The Kier molecular flexibility index (Phi) is 5.40. The fourth-order valence-corrected chi connectivity index (χ4v) is 3.26. The first-order valence-corrected chi connectivity index (χ1v) is 8.09. The van der Waals surface area contributed by atoms with Crippen LogP contribution >= 0.6 is 0 Å². The predicted molar refractivity (Wildman–Crippen MR) is 87.0 cm³/mol. The number of amides is 1. The average molecular weight is 288 g/mol. The molecule has 3 nitrogen and oxygen atoms in total. The van der Waals surface area contributed by atoms with Crippen LogP contribution in [-0.4, -0.2) is 29.9 Å². The summed E-state index contributed by atoms with van der Waals surface area (Å²) in [4.78, 5) is 14.6. The Morgan fingerprint density at radius 2 is 2.00 bits per heavy atom. The molecular formula is C18H28N2O. The maximum atomic E-state index is 12.6. The summed E-state index contributed by atoms with van der Waals surface area (Å²) in [6.07, 6.45) is 4.70. The Bertz CT molecular complexity index is 469. The van der Waals surface area contributed by atoms with Gasteiger partial charge in [-0.1, -0.05) is 36.8 Å². The van der Waals surface area contributed by atoms with Gasteiger partial charge in [-0.2, -0.15) is 0 Å². The van der Waals surface area contributed by atoms with Crippen LogP contribution in [0.25, 0.3) is 0 Å². The van der Waals surface area contributed by atoms with Crippen molar-refractivity contribution in [1.82, 2.24) is 4.90 Å². The Hall–Kier alpha value is -1.35. The minimum Gasteiger partial charge on any atom is -0.342 e. The minimum atomic E-state index is 0.136. The number of nitrogens with zero attached hydrogens (tertiary/aromatic N) is 1. The van der Waals surface area contributed by atoms with E-state index < -0.39 is 0 Å². The first-order chi connectivity index (χ1) is 10.0. The van der Waals surface area contributed by atoms with Crippen LogP contribution in [0.15, 0.2) is 24.3 Å². The van der Waals surface area contributed by atoms with Crippen molar-refractivity contribution in [3.8, 4) is 0 Å². The average Bonchev–Trinajstić information content (AvgIpc) is 2.91. The molecule has 21 heavy (non-hydrogen) atoms. The van der Waals surface area contributed by atoms with E-state index in [-0.39, 0.29) is 23.9 Å². The molecule has 1 aliphatic rings. The number of carbonyl (C=O) groups is 1. The predicted octanol–water partition coefficient (Wildman–Crippen LogP) is 2.90. The molecule has 0 heterocycles. The molecule has 1 aromatic carbocycles. The van der Waals surface area contributed by atoms with Crippen LogP contribution in [0.3, 0.4) is 0 Å². The second-order valence-corrected chi connectivity index (χ2v) is 6.47. The topological polar surface area (TPSA) is 46.3 Å². The molecule has 3 unspecified atom stereocenters. The molecule has 1 aromatic rings. The lowest BCUT2D eigenvalue weighted by Crippen LogP contribution is -2.41. The Morgan fingerprint density at radius 1 is 1.33 bits per heavy atom. The number of rotatable bonds is 5. The van der Waals surface area contributed by atoms with E-state index in [1.165, 1.54) is 11.1 Å². The summed E-state index contributed by atoms with van der Waals surface area (Å²) >= 11 is 0. The molecule has 3 atom stereocenters. The number of hydrogen-bond acceptors (Lipinski definition) is 2. The summed E-state index contributed by atoms with van der Waals surface area (Å²) in [5.41, 5.74) is 8.51. The van der Waals surface area contributed by atoms with Gasteiger partial charge in [-0.3, -0.25) is 4.79 Å². The molecule has 2 N–H and O–H groups in total. The summed E-state index contributed by atoms with van der Waals surface area (Å²) < 4.78 is 0. The standard InChI is InChI=1S/C18H28N2O/c1-4-17(11-14-7-5-13(2)6-8-14)20(3)18(21)15-9-10-16(19)12-15/h5-8,15-17H,4,9-12,19H2,1-3H3. The molecule has 1 fully saturated rings. The van der Waals surface area contributed by atoms with Gasteiger partial charge >= 0.3 is 0 Å². The zero-order valence-corrected chi connectivity index (χ0v) is 13.5. The third-order valence-electron chi connectivity index (χ3n) is 4.78. The summed E-state index contributed by atoms with van der Waals surface area (Å²) in [5.74, 6) is 0.416. The number of hydrogen-bond donors (Lipinski definition) is 1. The van der Waals surface area contributed by atoms with Gasteiger partial charge in [0, 0.05) is 25.0 Å². The zero-order valence-electron chi connectivity index (χ0n) is 13.5. The lowest BCUT2D eigenvalue weighted by atomic mass is 9.99. The van der Waals surface area contributed by atoms with Crippen molar-refractivity contribution in [2.45, 2.75) is 58.0 Å². The van der Waals surface area contributed by atoms with Gasteiger partial charge in [0.2, 0.25) is 5.91 Å². The molecule has 1 amide bonds. The molecule has 3 heteroatoms. The van der Waals surface area contributed by atoms with Crippen molar-refractivity contribution in [1.29, 1.82) is 0 Å². The smallest absolute Gasteiger partial charge is 0.225 e. The van der Waals surface area contributed by atoms with Crippen molar-refractivity contribution < 1.29 is 4.79 Å². The van der Waals surface area contributed by atoms with E-state index >= 15 is 0 Å².